The molecule has 1 heterocycles. The fraction of sp³-hybridized carbons (Fsp3) is 0.241. The first-order valence-corrected chi connectivity index (χ1v) is 11.7. The molecule has 7 nitrogen and oxygen atoms in total. The Hall–Kier alpha value is -4.10. The zero-order valence-corrected chi connectivity index (χ0v) is 20.6. The van der Waals surface area contributed by atoms with Crippen LogP contribution < -0.4 is 9.47 Å². The molecule has 1 N–H and O–H groups in total. The fourth-order valence-electron chi connectivity index (χ4n) is 4.39. The Labute approximate surface area is 210 Å². The quantitative estimate of drug-likeness (QED) is 0.192. The van der Waals surface area contributed by atoms with Gasteiger partial charge < -0.3 is 24.2 Å². The van der Waals surface area contributed by atoms with Crippen molar-refractivity contribution in [2.45, 2.75) is 19.4 Å². The molecule has 0 radical (unpaired) electrons. The molecule has 0 saturated carbocycles. The number of likely N-dealkylation sites (tertiary alicyclic amines) is 1. The molecule has 0 aliphatic carbocycles. The standard InChI is InChI=1S/C29H29NO6/c1-19-17-21(13-14-24(19)35-3)27(31)25-26(30(15-8-16-34-2)29(33)28(25)32)20-9-7-12-23(18-20)36-22-10-5-4-6-11-22/h4-7,9-14,17-18,26,31H,8,15-16H2,1-3H3/b27-25+/t26-/m0/s1. The maximum atomic E-state index is 13.2. The van der Waals surface area contributed by atoms with Crippen molar-refractivity contribution in [2.24, 2.45) is 0 Å². The number of benzene rings is 3. The minimum Gasteiger partial charge on any atom is -0.507 e. The largest absolute Gasteiger partial charge is 0.507 e. The highest BCUT2D eigenvalue weighted by Crippen LogP contribution is 2.41. The van der Waals surface area contributed by atoms with Gasteiger partial charge in [-0.05, 0) is 66.9 Å². The maximum Gasteiger partial charge on any atom is 0.295 e. The number of aliphatic hydroxyl groups excluding tert-OH is 1. The lowest BCUT2D eigenvalue weighted by molar-refractivity contribution is -0.140. The highest BCUT2D eigenvalue weighted by atomic mass is 16.5. The molecule has 3 aromatic carbocycles. The van der Waals surface area contributed by atoms with Gasteiger partial charge in [-0.3, -0.25) is 9.59 Å². The maximum absolute atomic E-state index is 13.2. The van der Waals surface area contributed by atoms with Crippen LogP contribution in [0.2, 0.25) is 0 Å². The number of aryl methyl sites for hydroxylation is 1. The van der Waals surface area contributed by atoms with Crippen molar-refractivity contribution in [1.29, 1.82) is 0 Å². The van der Waals surface area contributed by atoms with E-state index >= 15 is 0 Å². The molecule has 1 saturated heterocycles. The SMILES string of the molecule is COCCCN1C(=O)C(=O)/C(=C(/O)c2ccc(OC)c(C)c2)[C@@H]1c1cccc(Oc2ccccc2)c1. The van der Waals surface area contributed by atoms with Crippen LogP contribution >= 0.6 is 0 Å². The van der Waals surface area contributed by atoms with Crippen LogP contribution in [0.1, 0.15) is 29.2 Å². The molecular weight excluding hydrogens is 458 g/mol. The predicted octanol–water partition coefficient (Wildman–Crippen LogP) is 5.25. The normalized spacial score (nSPS) is 16.9. The van der Waals surface area contributed by atoms with Crippen LogP contribution in [0.25, 0.3) is 5.76 Å². The van der Waals surface area contributed by atoms with Crippen LogP contribution in [-0.2, 0) is 14.3 Å². The van der Waals surface area contributed by atoms with Crippen molar-refractivity contribution < 1.29 is 28.9 Å². The van der Waals surface area contributed by atoms with E-state index in [1.807, 2.05) is 43.3 Å². The van der Waals surface area contributed by atoms with Gasteiger partial charge >= 0.3 is 0 Å². The Morgan fingerprint density at radius 1 is 0.944 bits per heavy atom. The van der Waals surface area contributed by atoms with E-state index in [2.05, 4.69) is 0 Å². The Morgan fingerprint density at radius 3 is 2.39 bits per heavy atom. The Bertz CT molecular complexity index is 1280. The summed E-state index contributed by atoms with van der Waals surface area (Å²) in [6.45, 7) is 2.58. The van der Waals surface area contributed by atoms with Crippen LogP contribution in [0, 0.1) is 6.92 Å². The summed E-state index contributed by atoms with van der Waals surface area (Å²) in [6.07, 6.45) is 0.544. The van der Waals surface area contributed by atoms with E-state index in [4.69, 9.17) is 14.2 Å². The van der Waals surface area contributed by atoms with Crippen molar-refractivity contribution in [2.75, 3.05) is 27.4 Å². The van der Waals surface area contributed by atoms with E-state index < -0.39 is 17.7 Å². The van der Waals surface area contributed by atoms with Crippen LogP contribution in [0.4, 0.5) is 0 Å². The van der Waals surface area contributed by atoms with Gasteiger partial charge in [0, 0.05) is 25.8 Å². The second kappa shape index (κ2) is 11.1. The van der Waals surface area contributed by atoms with Crippen LogP contribution in [0.5, 0.6) is 17.2 Å². The topological polar surface area (TPSA) is 85.3 Å². The number of ether oxygens (including phenoxy) is 3. The van der Waals surface area contributed by atoms with Gasteiger partial charge in [0.15, 0.2) is 0 Å². The average molecular weight is 488 g/mol. The number of amides is 1. The molecule has 0 unspecified atom stereocenters. The van der Waals surface area contributed by atoms with Crippen LogP contribution in [-0.4, -0.2) is 49.1 Å². The van der Waals surface area contributed by atoms with Gasteiger partial charge in [-0.25, -0.2) is 0 Å². The van der Waals surface area contributed by atoms with Crippen molar-refractivity contribution >= 4 is 17.4 Å². The number of hydrogen-bond donors (Lipinski definition) is 1. The van der Waals surface area contributed by atoms with Crippen molar-refractivity contribution in [3.8, 4) is 17.2 Å². The molecule has 1 atom stereocenters. The predicted molar refractivity (Wildman–Crippen MR) is 136 cm³/mol. The summed E-state index contributed by atoms with van der Waals surface area (Å²) in [5.74, 6) is 0.274. The lowest BCUT2D eigenvalue weighted by Gasteiger charge is -2.25. The molecule has 0 bridgehead atoms. The number of Topliss-reactive ketones (excluding diaryl/α,β-unsaturated/α-hetero) is 1. The van der Waals surface area contributed by atoms with Crippen molar-refractivity contribution in [3.05, 3.63) is 95.1 Å². The van der Waals surface area contributed by atoms with Gasteiger partial charge in [-0.2, -0.15) is 0 Å². The van der Waals surface area contributed by atoms with Crippen LogP contribution in [0.3, 0.4) is 0 Å². The molecule has 1 aliphatic rings. The Kier molecular flexibility index (Phi) is 7.71. The summed E-state index contributed by atoms with van der Waals surface area (Å²) in [4.78, 5) is 27.8. The van der Waals surface area contributed by atoms with Gasteiger partial charge in [-0.15, -0.1) is 0 Å². The number of rotatable bonds is 9. The zero-order valence-electron chi connectivity index (χ0n) is 20.6. The third-order valence-electron chi connectivity index (χ3n) is 6.11. The third-order valence-corrected chi connectivity index (χ3v) is 6.11. The molecule has 0 aromatic heterocycles. The minimum absolute atomic E-state index is 0.0406. The highest BCUT2D eigenvalue weighted by Gasteiger charge is 2.45. The number of methoxy groups -OCH3 is 2. The van der Waals surface area contributed by atoms with Gasteiger partial charge in [0.05, 0.1) is 18.7 Å². The molecule has 7 heteroatoms. The van der Waals surface area contributed by atoms with Gasteiger partial charge in [0.25, 0.3) is 11.7 Å². The van der Waals surface area contributed by atoms with Crippen molar-refractivity contribution in [1.82, 2.24) is 4.90 Å². The van der Waals surface area contributed by atoms with Gasteiger partial charge in [0.2, 0.25) is 0 Å². The van der Waals surface area contributed by atoms with E-state index in [0.29, 0.717) is 47.9 Å². The number of carbonyl (C=O) groups is 2. The second-order valence-electron chi connectivity index (χ2n) is 8.51. The first kappa shape index (κ1) is 25.0. The fourth-order valence-corrected chi connectivity index (χ4v) is 4.39. The summed E-state index contributed by atoms with van der Waals surface area (Å²) in [6, 6.07) is 20.9. The molecule has 1 aliphatic heterocycles. The Balaban J connectivity index is 1.79. The van der Waals surface area contributed by atoms with E-state index in [1.54, 1.807) is 50.6 Å². The number of nitrogens with zero attached hydrogens (tertiary/aromatic N) is 1. The number of para-hydroxylation sites is 1. The van der Waals surface area contributed by atoms with E-state index in [1.165, 1.54) is 4.90 Å². The summed E-state index contributed by atoms with van der Waals surface area (Å²) in [7, 11) is 3.15. The monoisotopic (exact) mass is 487 g/mol. The second-order valence-corrected chi connectivity index (χ2v) is 8.51. The lowest BCUT2D eigenvalue weighted by atomic mass is 9.94. The number of ketones is 1. The number of aliphatic hydroxyl groups is 1. The summed E-state index contributed by atoms with van der Waals surface area (Å²) in [5.41, 5.74) is 1.93. The molecule has 36 heavy (non-hydrogen) atoms. The number of carbonyl (C=O) groups excluding carboxylic acids is 2. The third kappa shape index (κ3) is 5.11. The first-order valence-electron chi connectivity index (χ1n) is 11.7. The first-order chi connectivity index (χ1) is 17.4. The van der Waals surface area contributed by atoms with Gasteiger partial charge in [-0.1, -0.05) is 30.3 Å². The smallest absolute Gasteiger partial charge is 0.295 e. The summed E-state index contributed by atoms with van der Waals surface area (Å²) >= 11 is 0. The average Bonchev–Trinajstić information content (AvgIpc) is 3.14. The Morgan fingerprint density at radius 2 is 1.69 bits per heavy atom. The summed E-state index contributed by atoms with van der Waals surface area (Å²) in [5, 5.41) is 11.3. The lowest BCUT2D eigenvalue weighted by Crippen LogP contribution is -2.31. The van der Waals surface area contributed by atoms with E-state index in [9.17, 15) is 14.7 Å². The highest BCUT2D eigenvalue weighted by molar-refractivity contribution is 6.46. The van der Waals surface area contributed by atoms with Crippen LogP contribution in [0.15, 0.2) is 78.4 Å². The molecule has 3 aromatic rings. The van der Waals surface area contributed by atoms with Crippen molar-refractivity contribution in [3.63, 3.8) is 0 Å². The van der Waals surface area contributed by atoms with E-state index in [-0.39, 0.29) is 11.3 Å². The van der Waals surface area contributed by atoms with E-state index in [0.717, 1.165) is 5.56 Å². The molecule has 186 valence electrons. The molecule has 1 amide bonds. The molecular formula is C29H29NO6. The number of hydrogen-bond acceptors (Lipinski definition) is 6. The zero-order chi connectivity index (χ0) is 25.7. The molecule has 4 rings (SSSR count). The summed E-state index contributed by atoms with van der Waals surface area (Å²) < 4.78 is 16.5. The molecule has 0 spiro atoms. The molecule has 1 fully saturated rings. The van der Waals surface area contributed by atoms with Gasteiger partial charge in [0.1, 0.15) is 23.0 Å². The minimum atomic E-state index is -0.774.